The van der Waals surface area contributed by atoms with E-state index in [4.69, 9.17) is 14.5 Å². The Hall–Kier alpha value is -3.63. The van der Waals surface area contributed by atoms with Gasteiger partial charge in [0.25, 0.3) is 0 Å². The van der Waals surface area contributed by atoms with Gasteiger partial charge in [-0.1, -0.05) is 0 Å². The van der Waals surface area contributed by atoms with Gasteiger partial charge < -0.3 is 24.5 Å². The molecule has 2 N–H and O–H groups in total. The second kappa shape index (κ2) is 10.2. The highest BCUT2D eigenvalue weighted by molar-refractivity contribution is 5.85. The zero-order valence-electron chi connectivity index (χ0n) is 20.1. The van der Waals surface area contributed by atoms with Crippen molar-refractivity contribution < 1.29 is 23.4 Å². The molecular formula is C26H27F2N5O3. The van der Waals surface area contributed by atoms with Crippen LogP contribution in [0.1, 0.15) is 35.6 Å². The quantitative estimate of drug-likeness (QED) is 0.403. The molecule has 10 heteroatoms. The lowest BCUT2D eigenvalue weighted by Gasteiger charge is -2.22. The predicted octanol–water partition coefficient (Wildman–Crippen LogP) is 3.80. The Balaban J connectivity index is 1.58. The molecule has 0 unspecified atom stereocenters. The van der Waals surface area contributed by atoms with Gasteiger partial charge in [-0.05, 0) is 37.6 Å². The standard InChI is InChI=1S/C26H27F2N5O3/c1-35-22-9-23(36-2)25(28)19(24(22)27)8-17-13-33(14-34)26-18(17)7-16(10-31-26)21-12-30-11-20(32-21)15-3-5-29-6-4-15/h7,9-13,15,29,34H,3-6,8,14H2,1-2H3. The summed E-state index contributed by atoms with van der Waals surface area (Å²) in [6, 6.07) is 3.05. The fourth-order valence-corrected chi connectivity index (χ4v) is 4.75. The number of aliphatic hydroxyl groups excluding tert-OH is 1. The number of methoxy groups -OCH3 is 2. The summed E-state index contributed by atoms with van der Waals surface area (Å²) in [6.07, 6.45) is 8.71. The fraction of sp³-hybridized carbons (Fsp3) is 0.346. The van der Waals surface area contributed by atoms with Gasteiger partial charge in [-0.15, -0.1) is 0 Å². The minimum Gasteiger partial charge on any atom is -0.494 e. The molecule has 4 heterocycles. The van der Waals surface area contributed by atoms with Gasteiger partial charge >= 0.3 is 0 Å². The van der Waals surface area contributed by atoms with Crippen LogP contribution in [-0.4, -0.2) is 51.9 Å². The molecule has 0 saturated carbocycles. The van der Waals surface area contributed by atoms with Crippen molar-refractivity contribution in [2.75, 3.05) is 27.3 Å². The molecule has 0 atom stereocenters. The highest BCUT2D eigenvalue weighted by Gasteiger charge is 2.23. The molecule has 5 rings (SSSR count). The van der Waals surface area contributed by atoms with E-state index in [0.717, 1.165) is 37.2 Å². The van der Waals surface area contributed by atoms with Crippen LogP contribution in [-0.2, 0) is 13.2 Å². The lowest BCUT2D eigenvalue weighted by Crippen LogP contribution is -2.27. The summed E-state index contributed by atoms with van der Waals surface area (Å²) in [5.74, 6) is -1.48. The van der Waals surface area contributed by atoms with E-state index in [2.05, 4.69) is 15.3 Å². The number of aromatic nitrogens is 4. The smallest absolute Gasteiger partial charge is 0.171 e. The van der Waals surface area contributed by atoms with Gasteiger partial charge in [0, 0.05) is 53.5 Å². The van der Waals surface area contributed by atoms with Crippen molar-refractivity contribution in [3.63, 3.8) is 0 Å². The Morgan fingerprint density at radius 2 is 1.78 bits per heavy atom. The highest BCUT2D eigenvalue weighted by atomic mass is 19.1. The molecule has 36 heavy (non-hydrogen) atoms. The van der Waals surface area contributed by atoms with Crippen molar-refractivity contribution in [3.05, 3.63) is 65.4 Å². The lowest BCUT2D eigenvalue weighted by molar-refractivity contribution is 0.214. The van der Waals surface area contributed by atoms with E-state index >= 15 is 8.78 Å². The number of nitrogens with one attached hydrogen (secondary N) is 1. The number of piperidine rings is 1. The maximum atomic E-state index is 15.1. The molecule has 3 aromatic heterocycles. The summed E-state index contributed by atoms with van der Waals surface area (Å²) in [7, 11) is 2.62. The minimum atomic E-state index is -0.801. The minimum absolute atomic E-state index is 0.0966. The van der Waals surface area contributed by atoms with Crippen LogP contribution < -0.4 is 14.8 Å². The second-order valence-corrected chi connectivity index (χ2v) is 8.78. The van der Waals surface area contributed by atoms with Crippen LogP contribution in [0.3, 0.4) is 0 Å². The highest BCUT2D eigenvalue weighted by Crippen LogP contribution is 2.35. The molecule has 8 nitrogen and oxygen atoms in total. The predicted molar refractivity (Wildman–Crippen MR) is 130 cm³/mol. The summed E-state index contributed by atoms with van der Waals surface area (Å²) >= 11 is 0. The summed E-state index contributed by atoms with van der Waals surface area (Å²) in [4.78, 5) is 13.8. The third kappa shape index (κ3) is 4.38. The Bertz CT molecular complexity index is 1370. The largest absolute Gasteiger partial charge is 0.494 e. The van der Waals surface area contributed by atoms with E-state index in [1.165, 1.54) is 24.9 Å². The first-order valence-corrected chi connectivity index (χ1v) is 11.7. The summed E-state index contributed by atoms with van der Waals surface area (Å²) in [5.41, 5.74) is 3.23. The Morgan fingerprint density at radius 3 is 2.44 bits per heavy atom. The molecule has 0 radical (unpaired) electrons. The van der Waals surface area contributed by atoms with Gasteiger partial charge in [0.05, 0.1) is 31.8 Å². The number of halogens is 2. The van der Waals surface area contributed by atoms with Crippen LogP contribution in [0.4, 0.5) is 8.78 Å². The number of nitrogens with zero attached hydrogens (tertiary/aromatic N) is 4. The second-order valence-electron chi connectivity index (χ2n) is 8.78. The number of benzene rings is 1. The zero-order chi connectivity index (χ0) is 25.2. The molecule has 1 fully saturated rings. The van der Waals surface area contributed by atoms with Crippen molar-refractivity contribution in [2.45, 2.75) is 31.9 Å². The van der Waals surface area contributed by atoms with E-state index in [-0.39, 0.29) is 30.2 Å². The van der Waals surface area contributed by atoms with Crippen LogP contribution >= 0.6 is 0 Å². The van der Waals surface area contributed by atoms with Crippen LogP contribution in [0.25, 0.3) is 22.3 Å². The molecule has 1 saturated heterocycles. The van der Waals surface area contributed by atoms with Crippen LogP contribution in [0, 0.1) is 11.6 Å². The molecule has 0 bridgehead atoms. The molecule has 1 aliphatic heterocycles. The van der Waals surface area contributed by atoms with Gasteiger partial charge in [-0.2, -0.15) is 0 Å². The van der Waals surface area contributed by atoms with Gasteiger partial charge in [-0.3, -0.25) is 4.98 Å². The maximum Gasteiger partial charge on any atom is 0.171 e. The van der Waals surface area contributed by atoms with Crippen LogP contribution in [0.15, 0.2) is 36.9 Å². The Kier molecular flexibility index (Phi) is 6.80. The SMILES string of the molecule is COc1cc(OC)c(F)c(Cc2cn(CO)c3ncc(-c4cncc(C5CCNCC5)n4)cc23)c1F. The molecule has 0 aliphatic carbocycles. The van der Waals surface area contributed by atoms with Gasteiger partial charge in [0.15, 0.2) is 23.1 Å². The fourth-order valence-electron chi connectivity index (χ4n) is 4.75. The number of ether oxygens (including phenoxy) is 2. The first-order chi connectivity index (χ1) is 17.5. The van der Waals surface area contributed by atoms with Crippen molar-refractivity contribution in [1.29, 1.82) is 0 Å². The molecule has 1 aliphatic rings. The Labute approximate surface area is 206 Å². The van der Waals surface area contributed by atoms with E-state index in [0.29, 0.717) is 28.2 Å². The molecular weight excluding hydrogens is 468 g/mol. The number of fused-ring (bicyclic) bond motifs is 1. The third-order valence-corrected chi connectivity index (χ3v) is 6.69. The topological polar surface area (TPSA) is 94.3 Å². The molecule has 0 amide bonds. The van der Waals surface area contributed by atoms with Gasteiger partial charge in [-0.25, -0.2) is 18.7 Å². The number of pyridine rings is 1. The van der Waals surface area contributed by atoms with E-state index in [1.807, 2.05) is 6.07 Å². The number of hydrogen-bond acceptors (Lipinski definition) is 7. The Morgan fingerprint density at radius 1 is 1.06 bits per heavy atom. The third-order valence-electron chi connectivity index (χ3n) is 6.69. The average Bonchev–Trinajstić information content (AvgIpc) is 3.28. The first-order valence-electron chi connectivity index (χ1n) is 11.7. The average molecular weight is 496 g/mol. The van der Waals surface area contributed by atoms with E-state index < -0.39 is 11.6 Å². The summed E-state index contributed by atoms with van der Waals surface area (Å²) < 4.78 is 41.8. The lowest BCUT2D eigenvalue weighted by atomic mass is 9.95. The monoisotopic (exact) mass is 495 g/mol. The summed E-state index contributed by atoms with van der Waals surface area (Å²) in [6.45, 7) is 1.56. The first kappa shape index (κ1) is 24.1. The normalized spacial score (nSPS) is 14.4. The van der Waals surface area contributed by atoms with Gasteiger partial charge in [0.2, 0.25) is 0 Å². The van der Waals surface area contributed by atoms with E-state index in [9.17, 15) is 5.11 Å². The van der Waals surface area contributed by atoms with Crippen molar-refractivity contribution in [1.82, 2.24) is 24.8 Å². The van der Waals surface area contributed by atoms with Crippen molar-refractivity contribution >= 4 is 11.0 Å². The zero-order valence-corrected chi connectivity index (χ0v) is 20.1. The maximum absolute atomic E-state index is 15.1. The van der Waals surface area contributed by atoms with Gasteiger partial charge in [0.1, 0.15) is 12.4 Å². The number of hydrogen-bond donors (Lipinski definition) is 2. The summed E-state index contributed by atoms with van der Waals surface area (Å²) in [5, 5.41) is 13.9. The number of aliphatic hydroxyl groups is 1. The van der Waals surface area contributed by atoms with E-state index in [1.54, 1.807) is 24.8 Å². The molecule has 1 aromatic carbocycles. The molecule has 0 spiro atoms. The molecule has 188 valence electrons. The number of rotatable bonds is 7. The van der Waals surface area contributed by atoms with Crippen LogP contribution in [0.2, 0.25) is 0 Å². The van der Waals surface area contributed by atoms with Crippen molar-refractivity contribution in [2.24, 2.45) is 0 Å². The van der Waals surface area contributed by atoms with Crippen LogP contribution in [0.5, 0.6) is 11.5 Å². The van der Waals surface area contributed by atoms with Crippen molar-refractivity contribution in [3.8, 4) is 22.8 Å². The molecule has 4 aromatic rings.